The summed E-state index contributed by atoms with van der Waals surface area (Å²) < 4.78 is 23.4. The molecule has 0 bridgehead atoms. The van der Waals surface area contributed by atoms with Crippen LogP contribution >= 0.6 is 0 Å². The van der Waals surface area contributed by atoms with Gasteiger partial charge in [-0.15, -0.1) is 0 Å². The van der Waals surface area contributed by atoms with E-state index in [1.165, 1.54) is 0 Å². The van der Waals surface area contributed by atoms with Crippen LogP contribution in [0, 0.1) is 0 Å². The van der Waals surface area contributed by atoms with Crippen molar-refractivity contribution in [3.63, 3.8) is 0 Å². The summed E-state index contributed by atoms with van der Waals surface area (Å²) in [5.41, 5.74) is 2.72. The van der Waals surface area contributed by atoms with Gasteiger partial charge in [0.2, 0.25) is 0 Å². The second-order valence-corrected chi connectivity index (χ2v) is 6.84. The van der Waals surface area contributed by atoms with Crippen molar-refractivity contribution in [1.82, 2.24) is 0 Å². The average molecular weight is 389 g/mol. The number of benzene rings is 1. The smallest absolute Gasteiger partial charge is 0.198 e. The number of hydrogen-bond donors (Lipinski definition) is 1. The van der Waals surface area contributed by atoms with Crippen molar-refractivity contribution in [3.05, 3.63) is 65.3 Å². The molecule has 0 saturated carbocycles. The summed E-state index contributed by atoms with van der Waals surface area (Å²) >= 11 is 0. The number of methoxy groups -OCH3 is 2. The van der Waals surface area contributed by atoms with Crippen LogP contribution in [-0.2, 0) is 32.0 Å². The van der Waals surface area contributed by atoms with E-state index < -0.39 is 18.2 Å². The molecule has 5 heteroatoms. The number of aromatic hydroxyl groups is 1. The quantitative estimate of drug-likeness (QED) is 0.624. The largest absolute Gasteiger partial charge is 0.508 e. The number of hydrogen-bond acceptors (Lipinski definition) is 5. The molecule has 3 atom stereocenters. The van der Waals surface area contributed by atoms with Gasteiger partial charge in [0.05, 0.1) is 6.61 Å². The molecule has 0 aliphatic carbocycles. The molecule has 28 heavy (non-hydrogen) atoms. The summed E-state index contributed by atoms with van der Waals surface area (Å²) in [6, 6.07) is 5.57. The van der Waals surface area contributed by atoms with Gasteiger partial charge in [0.1, 0.15) is 11.9 Å². The highest BCUT2D eigenvalue weighted by atomic mass is 16.8. The van der Waals surface area contributed by atoms with Gasteiger partial charge < -0.3 is 24.1 Å². The van der Waals surface area contributed by atoms with Gasteiger partial charge in [-0.2, -0.15) is 0 Å². The molecular formula is C23H32O5. The van der Waals surface area contributed by atoms with E-state index in [9.17, 15) is 5.11 Å². The summed E-state index contributed by atoms with van der Waals surface area (Å²) in [5.74, 6) is -0.748. The maximum atomic E-state index is 10.3. The predicted molar refractivity (Wildman–Crippen MR) is 110 cm³/mol. The molecule has 1 aliphatic heterocycles. The molecule has 1 aromatic rings. The average Bonchev–Trinajstić information content (AvgIpc) is 2.97. The standard InChI is InChI=1S/C23H32O5/c1-6-8-9-10-14-18-21(23(3,26-5)28-22(18)25-4)27-16-19-17(12-7-2)13-11-15-20(19)24/h6,8-11,13-15,21-22,24H,7,12,16H2,1-5H3/t21-,22+,23-/m1/s1. The van der Waals surface area contributed by atoms with Crippen LogP contribution < -0.4 is 0 Å². The first-order chi connectivity index (χ1) is 13.5. The van der Waals surface area contributed by atoms with Crippen molar-refractivity contribution < 1.29 is 24.1 Å². The van der Waals surface area contributed by atoms with Gasteiger partial charge in [-0.3, -0.25) is 0 Å². The van der Waals surface area contributed by atoms with E-state index in [0.29, 0.717) is 0 Å². The maximum Gasteiger partial charge on any atom is 0.198 e. The molecule has 0 unspecified atom stereocenters. The van der Waals surface area contributed by atoms with Crippen LogP contribution in [0.15, 0.2) is 54.2 Å². The Hall–Kier alpha value is -1.92. The Bertz CT molecular complexity index is 722. The fourth-order valence-electron chi connectivity index (χ4n) is 3.32. The number of rotatable bonds is 9. The molecule has 0 radical (unpaired) electrons. The second-order valence-electron chi connectivity index (χ2n) is 6.84. The normalized spacial score (nSPS) is 26.8. The van der Waals surface area contributed by atoms with E-state index in [2.05, 4.69) is 6.92 Å². The van der Waals surface area contributed by atoms with Crippen molar-refractivity contribution in [2.24, 2.45) is 0 Å². The molecule has 2 rings (SSSR count). The monoisotopic (exact) mass is 388 g/mol. The van der Waals surface area contributed by atoms with Crippen LogP contribution in [0.3, 0.4) is 0 Å². The van der Waals surface area contributed by atoms with Crippen LogP contribution in [0.25, 0.3) is 0 Å². The first kappa shape index (κ1) is 22.4. The molecule has 5 nitrogen and oxygen atoms in total. The van der Waals surface area contributed by atoms with Crippen molar-refractivity contribution in [2.75, 3.05) is 14.2 Å². The van der Waals surface area contributed by atoms with Gasteiger partial charge in [0, 0.05) is 25.4 Å². The van der Waals surface area contributed by atoms with Gasteiger partial charge in [0.25, 0.3) is 0 Å². The van der Waals surface area contributed by atoms with Crippen LogP contribution in [-0.4, -0.2) is 37.5 Å². The molecule has 154 valence electrons. The molecule has 1 saturated heterocycles. The van der Waals surface area contributed by atoms with E-state index >= 15 is 0 Å². The first-order valence-electron chi connectivity index (χ1n) is 9.67. The van der Waals surface area contributed by atoms with Crippen LogP contribution in [0.1, 0.15) is 38.3 Å². The van der Waals surface area contributed by atoms with Crippen LogP contribution in [0.2, 0.25) is 0 Å². The SMILES string of the molecule is CC=CC=CC=C1[C@@H](OC)O[C@@](C)(OC)[C@@H]1OCc1c(O)cccc1CCC. The van der Waals surface area contributed by atoms with E-state index in [-0.39, 0.29) is 12.4 Å². The Morgan fingerprint density at radius 3 is 2.64 bits per heavy atom. The second kappa shape index (κ2) is 10.6. The lowest BCUT2D eigenvalue weighted by Crippen LogP contribution is -2.40. The highest BCUT2D eigenvalue weighted by Crippen LogP contribution is 2.39. The molecule has 1 N–H and O–H groups in total. The van der Waals surface area contributed by atoms with Gasteiger partial charge in [-0.1, -0.05) is 55.9 Å². The Kier molecular flexibility index (Phi) is 8.45. The zero-order valence-corrected chi connectivity index (χ0v) is 17.5. The van der Waals surface area contributed by atoms with Crippen molar-refractivity contribution >= 4 is 0 Å². The Labute approximate surface area is 168 Å². The Morgan fingerprint density at radius 1 is 1.21 bits per heavy atom. The molecule has 1 heterocycles. The molecule has 1 aliphatic rings. The third kappa shape index (κ3) is 5.11. The summed E-state index contributed by atoms with van der Waals surface area (Å²) in [7, 11) is 3.18. The van der Waals surface area contributed by atoms with Crippen LogP contribution in [0.4, 0.5) is 0 Å². The minimum atomic E-state index is -0.990. The Balaban J connectivity index is 2.31. The molecule has 1 aromatic carbocycles. The topological polar surface area (TPSA) is 57.2 Å². The van der Waals surface area contributed by atoms with Crippen molar-refractivity contribution in [1.29, 1.82) is 0 Å². The third-order valence-electron chi connectivity index (χ3n) is 4.88. The lowest BCUT2D eigenvalue weighted by Gasteiger charge is -2.28. The minimum Gasteiger partial charge on any atom is -0.508 e. The number of aryl methyl sites for hydroxylation is 1. The lowest BCUT2D eigenvalue weighted by atomic mass is 10.0. The zero-order chi connectivity index (χ0) is 20.6. The third-order valence-corrected chi connectivity index (χ3v) is 4.88. The molecule has 0 amide bonds. The summed E-state index contributed by atoms with van der Waals surface area (Å²) in [6.07, 6.45) is 10.5. The molecular weight excluding hydrogens is 356 g/mol. The molecule has 0 aromatic heterocycles. The lowest BCUT2D eigenvalue weighted by molar-refractivity contribution is -0.271. The fraction of sp³-hybridized carbons (Fsp3) is 0.478. The molecule has 1 fully saturated rings. The summed E-state index contributed by atoms with van der Waals surface area (Å²) in [5, 5.41) is 10.3. The van der Waals surface area contributed by atoms with E-state index in [0.717, 1.165) is 29.5 Å². The van der Waals surface area contributed by atoms with Gasteiger partial charge in [-0.05, 0) is 31.9 Å². The maximum absolute atomic E-state index is 10.3. The molecule has 0 spiro atoms. The highest BCUT2D eigenvalue weighted by Gasteiger charge is 2.50. The predicted octanol–water partition coefficient (Wildman–Crippen LogP) is 4.65. The number of phenolic OH excluding ortho intramolecular Hbond substituents is 1. The Morgan fingerprint density at radius 2 is 2.00 bits per heavy atom. The number of phenols is 1. The summed E-state index contributed by atoms with van der Waals surface area (Å²) in [6.45, 7) is 6.16. The van der Waals surface area contributed by atoms with E-state index in [4.69, 9.17) is 18.9 Å². The zero-order valence-electron chi connectivity index (χ0n) is 17.5. The van der Waals surface area contributed by atoms with Gasteiger partial charge in [0.15, 0.2) is 12.1 Å². The number of allylic oxidation sites excluding steroid dienone is 5. The minimum absolute atomic E-state index is 0.241. The van der Waals surface area contributed by atoms with E-state index in [1.807, 2.05) is 56.4 Å². The van der Waals surface area contributed by atoms with E-state index in [1.54, 1.807) is 20.3 Å². The van der Waals surface area contributed by atoms with Gasteiger partial charge in [-0.25, -0.2) is 0 Å². The van der Waals surface area contributed by atoms with Gasteiger partial charge >= 0.3 is 0 Å². The van der Waals surface area contributed by atoms with Crippen molar-refractivity contribution in [3.8, 4) is 5.75 Å². The first-order valence-corrected chi connectivity index (χ1v) is 9.67. The number of ether oxygens (including phenoxy) is 4. The summed E-state index contributed by atoms with van der Waals surface area (Å²) in [4.78, 5) is 0. The fourth-order valence-corrected chi connectivity index (χ4v) is 3.32. The highest BCUT2D eigenvalue weighted by molar-refractivity contribution is 5.39. The van der Waals surface area contributed by atoms with Crippen LogP contribution in [0.5, 0.6) is 5.75 Å². The van der Waals surface area contributed by atoms with Crippen molar-refractivity contribution in [2.45, 2.75) is 58.4 Å².